The van der Waals surface area contributed by atoms with Crippen molar-refractivity contribution in [3.63, 3.8) is 0 Å². The molecule has 100 valence electrons. The van der Waals surface area contributed by atoms with Gasteiger partial charge in [0.1, 0.15) is 0 Å². The van der Waals surface area contributed by atoms with Gasteiger partial charge in [0, 0.05) is 27.8 Å². The minimum atomic E-state index is 0.423. The average molecular weight is 296 g/mol. The number of nitrogens with zero attached hydrogens (tertiary/aromatic N) is 1. The fourth-order valence-electron chi connectivity index (χ4n) is 2.51. The molecule has 0 amide bonds. The van der Waals surface area contributed by atoms with Crippen molar-refractivity contribution in [2.75, 3.05) is 5.73 Å². The molecule has 3 N–H and O–H groups in total. The van der Waals surface area contributed by atoms with Crippen LogP contribution in [0.5, 0.6) is 0 Å². The van der Waals surface area contributed by atoms with Gasteiger partial charge in [-0.15, -0.1) is 0 Å². The van der Waals surface area contributed by atoms with Gasteiger partial charge >= 0.3 is 0 Å². The number of aromatic amines is 1. The minimum Gasteiger partial charge on any atom is -0.382 e. The molecule has 1 fully saturated rings. The summed E-state index contributed by atoms with van der Waals surface area (Å²) >= 11 is 12.2. The summed E-state index contributed by atoms with van der Waals surface area (Å²) in [6.07, 6.45) is 2.54. The fraction of sp³-hybridized carbons (Fsp3) is 0.357. The van der Waals surface area contributed by atoms with Gasteiger partial charge in [0.2, 0.25) is 0 Å². The van der Waals surface area contributed by atoms with Crippen LogP contribution in [0.3, 0.4) is 0 Å². The number of nitrogen functional groups attached to an aromatic ring is 1. The van der Waals surface area contributed by atoms with E-state index < -0.39 is 0 Å². The molecule has 1 aromatic carbocycles. The molecule has 3 nitrogen and oxygen atoms in total. The lowest BCUT2D eigenvalue weighted by Gasteiger charge is -2.12. The van der Waals surface area contributed by atoms with Gasteiger partial charge < -0.3 is 5.73 Å². The number of nitrogens with two attached hydrogens (primary N) is 1. The predicted molar refractivity (Wildman–Crippen MR) is 79.6 cm³/mol. The van der Waals surface area contributed by atoms with Crippen LogP contribution in [0.2, 0.25) is 10.0 Å². The molecular weight excluding hydrogens is 281 g/mol. The molecule has 0 aliphatic heterocycles. The molecule has 3 rings (SSSR count). The maximum Gasteiger partial charge on any atom is 0.153 e. The number of hydrogen-bond acceptors (Lipinski definition) is 2. The Kier molecular flexibility index (Phi) is 3.19. The zero-order chi connectivity index (χ0) is 13.6. The summed E-state index contributed by atoms with van der Waals surface area (Å²) in [6, 6.07) is 5.45. The van der Waals surface area contributed by atoms with Crippen molar-refractivity contribution in [1.29, 1.82) is 0 Å². The Morgan fingerprint density at radius 2 is 2.11 bits per heavy atom. The summed E-state index contributed by atoms with van der Waals surface area (Å²) < 4.78 is 0. The maximum absolute atomic E-state index is 6.28. The third kappa shape index (κ3) is 2.33. The van der Waals surface area contributed by atoms with E-state index >= 15 is 0 Å². The predicted octanol–water partition coefficient (Wildman–Crippen LogP) is 4.48. The number of benzene rings is 1. The quantitative estimate of drug-likeness (QED) is 0.877. The number of halogens is 2. The van der Waals surface area contributed by atoms with Gasteiger partial charge in [-0.3, -0.25) is 5.10 Å². The number of H-pyrrole nitrogens is 1. The molecule has 0 radical (unpaired) electrons. The SMILES string of the molecule is CC(c1[nH]nc(N)c1-c1ccc(Cl)cc1Cl)C1CC1. The van der Waals surface area contributed by atoms with Crippen molar-refractivity contribution in [2.24, 2.45) is 5.92 Å². The third-order valence-corrected chi connectivity index (χ3v) is 4.36. The Bertz CT molecular complexity index is 617. The molecule has 1 atom stereocenters. The van der Waals surface area contributed by atoms with Crippen LogP contribution in [0.25, 0.3) is 11.1 Å². The highest BCUT2D eigenvalue weighted by atomic mass is 35.5. The van der Waals surface area contributed by atoms with E-state index in [4.69, 9.17) is 28.9 Å². The van der Waals surface area contributed by atoms with Crippen LogP contribution < -0.4 is 5.73 Å². The topological polar surface area (TPSA) is 54.7 Å². The third-order valence-electron chi connectivity index (χ3n) is 3.81. The Morgan fingerprint density at radius 3 is 2.74 bits per heavy atom. The summed E-state index contributed by atoms with van der Waals surface area (Å²) in [4.78, 5) is 0. The standard InChI is InChI=1S/C14H15Cl2N3/c1-7(8-2-3-8)13-12(14(17)19-18-13)10-5-4-9(15)6-11(10)16/h4-8H,2-3H2,1H3,(H3,17,18,19). The fourth-order valence-corrected chi connectivity index (χ4v) is 3.01. The summed E-state index contributed by atoms with van der Waals surface area (Å²) in [7, 11) is 0. The first kappa shape index (κ1) is 12.8. The molecule has 1 aliphatic carbocycles. The van der Waals surface area contributed by atoms with E-state index in [1.54, 1.807) is 6.07 Å². The highest BCUT2D eigenvalue weighted by Crippen LogP contribution is 2.46. The van der Waals surface area contributed by atoms with E-state index in [1.807, 2.05) is 12.1 Å². The average Bonchev–Trinajstić information content (AvgIpc) is 3.14. The van der Waals surface area contributed by atoms with Gasteiger partial charge in [0.05, 0.1) is 5.02 Å². The zero-order valence-corrected chi connectivity index (χ0v) is 12.1. The second kappa shape index (κ2) is 4.73. The summed E-state index contributed by atoms with van der Waals surface area (Å²) in [5.74, 6) is 1.64. The van der Waals surface area contributed by atoms with Crippen LogP contribution in [-0.4, -0.2) is 10.2 Å². The molecule has 1 unspecified atom stereocenters. The molecular formula is C14H15Cl2N3. The summed E-state index contributed by atoms with van der Waals surface area (Å²) in [5, 5.41) is 8.44. The van der Waals surface area contributed by atoms with Crippen LogP contribution in [0.4, 0.5) is 5.82 Å². The van der Waals surface area contributed by atoms with E-state index in [2.05, 4.69) is 17.1 Å². The first-order chi connectivity index (χ1) is 9.08. The lowest BCUT2D eigenvalue weighted by molar-refractivity contribution is 0.642. The second-order valence-electron chi connectivity index (χ2n) is 5.15. The number of hydrogen-bond donors (Lipinski definition) is 2. The van der Waals surface area contributed by atoms with Crippen molar-refractivity contribution >= 4 is 29.0 Å². The maximum atomic E-state index is 6.28. The lowest BCUT2D eigenvalue weighted by Crippen LogP contribution is -1.99. The van der Waals surface area contributed by atoms with E-state index in [0.717, 1.165) is 22.7 Å². The molecule has 0 saturated heterocycles. The second-order valence-corrected chi connectivity index (χ2v) is 5.99. The molecule has 19 heavy (non-hydrogen) atoms. The Morgan fingerprint density at radius 1 is 1.37 bits per heavy atom. The molecule has 1 aliphatic rings. The summed E-state index contributed by atoms with van der Waals surface area (Å²) in [5.41, 5.74) is 8.88. The van der Waals surface area contributed by atoms with E-state index in [9.17, 15) is 0 Å². The van der Waals surface area contributed by atoms with Gasteiger partial charge in [-0.2, -0.15) is 5.10 Å². The van der Waals surface area contributed by atoms with Crippen LogP contribution in [0.15, 0.2) is 18.2 Å². The first-order valence-electron chi connectivity index (χ1n) is 6.37. The normalized spacial score (nSPS) is 16.6. The van der Waals surface area contributed by atoms with Gasteiger partial charge in [0.25, 0.3) is 0 Å². The van der Waals surface area contributed by atoms with E-state index in [1.165, 1.54) is 12.8 Å². The smallest absolute Gasteiger partial charge is 0.153 e. The van der Waals surface area contributed by atoms with Gasteiger partial charge in [-0.25, -0.2) is 0 Å². The van der Waals surface area contributed by atoms with E-state index in [0.29, 0.717) is 21.8 Å². The molecule has 1 saturated carbocycles. The molecule has 2 aromatic rings. The Hall–Kier alpha value is -1.19. The molecule has 1 aromatic heterocycles. The highest BCUT2D eigenvalue weighted by molar-refractivity contribution is 6.36. The van der Waals surface area contributed by atoms with Gasteiger partial charge in [-0.05, 0) is 30.9 Å². The molecule has 0 bridgehead atoms. The van der Waals surface area contributed by atoms with Crippen molar-refractivity contribution in [3.05, 3.63) is 33.9 Å². The molecule has 1 heterocycles. The largest absolute Gasteiger partial charge is 0.382 e. The van der Waals surface area contributed by atoms with Crippen LogP contribution in [-0.2, 0) is 0 Å². The number of nitrogens with one attached hydrogen (secondary N) is 1. The molecule has 0 spiro atoms. The number of anilines is 1. The van der Waals surface area contributed by atoms with Crippen molar-refractivity contribution < 1.29 is 0 Å². The first-order valence-corrected chi connectivity index (χ1v) is 7.12. The van der Waals surface area contributed by atoms with Crippen molar-refractivity contribution in [2.45, 2.75) is 25.7 Å². The van der Waals surface area contributed by atoms with Crippen LogP contribution in [0, 0.1) is 5.92 Å². The Labute approximate surface area is 122 Å². The molecule has 5 heteroatoms. The summed E-state index contributed by atoms with van der Waals surface area (Å²) in [6.45, 7) is 2.21. The number of aromatic nitrogens is 2. The monoisotopic (exact) mass is 295 g/mol. The van der Waals surface area contributed by atoms with Gasteiger partial charge in [-0.1, -0.05) is 36.2 Å². The Balaban J connectivity index is 2.10. The van der Waals surface area contributed by atoms with Crippen LogP contribution in [0.1, 0.15) is 31.4 Å². The van der Waals surface area contributed by atoms with Crippen molar-refractivity contribution in [1.82, 2.24) is 10.2 Å². The zero-order valence-electron chi connectivity index (χ0n) is 10.6. The van der Waals surface area contributed by atoms with Crippen LogP contribution >= 0.6 is 23.2 Å². The van der Waals surface area contributed by atoms with Crippen molar-refractivity contribution in [3.8, 4) is 11.1 Å². The minimum absolute atomic E-state index is 0.423. The lowest BCUT2D eigenvalue weighted by atomic mass is 9.94. The van der Waals surface area contributed by atoms with E-state index in [-0.39, 0.29) is 0 Å². The number of rotatable bonds is 3. The van der Waals surface area contributed by atoms with Gasteiger partial charge in [0.15, 0.2) is 5.82 Å². The highest BCUT2D eigenvalue weighted by Gasteiger charge is 2.32.